The number of carbonyl (C=O) groups is 1. The molecular formula is C18H20Cl2N2O3S2. The minimum absolute atomic E-state index is 0.119. The van der Waals surface area contributed by atoms with Crippen LogP contribution in [0.4, 0.5) is 0 Å². The van der Waals surface area contributed by atoms with Crippen molar-refractivity contribution in [3.63, 3.8) is 0 Å². The van der Waals surface area contributed by atoms with Crippen molar-refractivity contribution < 1.29 is 13.2 Å². The number of nitrogens with zero attached hydrogens (tertiary/aromatic N) is 1. The molecule has 1 unspecified atom stereocenters. The van der Waals surface area contributed by atoms with Gasteiger partial charge in [0, 0.05) is 24.2 Å². The van der Waals surface area contributed by atoms with Gasteiger partial charge in [0.05, 0.1) is 10.6 Å². The van der Waals surface area contributed by atoms with Gasteiger partial charge in [-0.1, -0.05) is 35.7 Å². The van der Waals surface area contributed by atoms with Crippen LogP contribution in [0, 0.1) is 0 Å². The Morgan fingerprint density at radius 2 is 2.07 bits per heavy atom. The number of piperidine rings is 1. The van der Waals surface area contributed by atoms with Gasteiger partial charge >= 0.3 is 0 Å². The molecule has 1 aliphatic heterocycles. The first-order valence-corrected chi connectivity index (χ1v) is 11.8. The average Bonchev–Trinajstić information content (AvgIpc) is 3.17. The quantitative estimate of drug-likeness (QED) is 0.713. The molecule has 1 amide bonds. The number of benzene rings is 1. The minimum atomic E-state index is -3.48. The summed E-state index contributed by atoms with van der Waals surface area (Å²) in [6.07, 6.45) is 3.19. The molecule has 2 heterocycles. The third-order valence-electron chi connectivity index (χ3n) is 4.57. The molecule has 1 aromatic carbocycles. The predicted octanol–water partition coefficient (Wildman–Crippen LogP) is 4.42. The molecule has 0 spiro atoms. The van der Waals surface area contributed by atoms with Crippen molar-refractivity contribution >= 4 is 50.5 Å². The first-order valence-electron chi connectivity index (χ1n) is 8.68. The summed E-state index contributed by atoms with van der Waals surface area (Å²) < 4.78 is 27.7. The second-order valence-electron chi connectivity index (χ2n) is 6.37. The van der Waals surface area contributed by atoms with Crippen LogP contribution in [0.5, 0.6) is 0 Å². The zero-order valence-corrected chi connectivity index (χ0v) is 17.7. The number of hydrogen-bond donors (Lipinski definition) is 1. The highest BCUT2D eigenvalue weighted by Gasteiger charge is 2.33. The summed E-state index contributed by atoms with van der Waals surface area (Å²) in [5.74, 6) is -0.292. The van der Waals surface area contributed by atoms with Gasteiger partial charge in [-0.3, -0.25) is 4.79 Å². The number of rotatable bonds is 6. The summed E-state index contributed by atoms with van der Waals surface area (Å²) >= 11 is 13.1. The van der Waals surface area contributed by atoms with Crippen LogP contribution in [-0.2, 0) is 10.0 Å². The summed E-state index contributed by atoms with van der Waals surface area (Å²) in [5.41, 5.74) is 0.354. The molecule has 1 aliphatic rings. The number of thiophene rings is 1. The number of amides is 1. The zero-order chi connectivity index (χ0) is 19.4. The summed E-state index contributed by atoms with van der Waals surface area (Å²) in [5, 5.41) is 5.35. The van der Waals surface area contributed by atoms with Crippen LogP contribution in [0.1, 0.15) is 36.0 Å². The summed E-state index contributed by atoms with van der Waals surface area (Å²) in [6, 6.07) is 7.97. The van der Waals surface area contributed by atoms with E-state index in [4.69, 9.17) is 23.2 Å². The van der Waals surface area contributed by atoms with Crippen LogP contribution >= 0.6 is 34.5 Å². The van der Waals surface area contributed by atoms with Gasteiger partial charge in [0.25, 0.3) is 15.9 Å². The maximum absolute atomic E-state index is 12.9. The summed E-state index contributed by atoms with van der Waals surface area (Å²) in [7, 11) is -3.48. The molecule has 0 radical (unpaired) electrons. The van der Waals surface area contributed by atoms with Gasteiger partial charge in [-0.15, -0.1) is 11.3 Å². The third kappa shape index (κ3) is 4.84. The van der Waals surface area contributed by atoms with E-state index >= 15 is 0 Å². The van der Waals surface area contributed by atoms with Crippen LogP contribution in [0.25, 0.3) is 0 Å². The normalized spacial score (nSPS) is 18.4. The van der Waals surface area contributed by atoms with E-state index in [2.05, 4.69) is 5.32 Å². The maximum atomic E-state index is 12.9. The second-order valence-corrected chi connectivity index (χ2v) is 10.3. The molecule has 1 N–H and O–H groups in total. The van der Waals surface area contributed by atoms with Crippen LogP contribution in [0.2, 0.25) is 10.0 Å². The van der Waals surface area contributed by atoms with Crippen molar-refractivity contribution in [3.05, 3.63) is 51.3 Å². The van der Waals surface area contributed by atoms with E-state index in [0.29, 0.717) is 39.3 Å². The summed E-state index contributed by atoms with van der Waals surface area (Å²) in [4.78, 5) is 12.3. The van der Waals surface area contributed by atoms with Crippen LogP contribution in [-0.4, -0.2) is 37.8 Å². The fourth-order valence-corrected chi connectivity index (χ4v) is 6.56. The smallest absolute Gasteiger partial charge is 0.252 e. The molecule has 0 bridgehead atoms. The molecule has 5 nitrogen and oxygen atoms in total. The molecule has 9 heteroatoms. The Bertz CT molecular complexity index is 901. The van der Waals surface area contributed by atoms with Crippen molar-refractivity contribution in [2.75, 3.05) is 13.1 Å². The predicted molar refractivity (Wildman–Crippen MR) is 109 cm³/mol. The number of halogens is 2. The van der Waals surface area contributed by atoms with E-state index in [0.717, 1.165) is 19.3 Å². The molecule has 146 valence electrons. The highest BCUT2D eigenvalue weighted by Crippen LogP contribution is 2.29. The van der Waals surface area contributed by atoms with Crippen molar-refractivity contribution in [1.29, 1.82) is 0 Å². The molecule has 27 heavy (non-hydrogen) atoms. The molecule has 1 aromatic heterocycles. The van der Waals surface area contributed by atoms with Crippen molar-refractivity contribution in [2.45, 2.75) is 35.9 Å². The van der Waals surface area contributed by atoms with Crippen molar-refractivity contribution in [3.8, 4) is 0 Å². The van der Waals surface area contributed by atoms with Gasteiger partial charge in [0.15, 0.2) is 0 Å². The Hall–Kier alpha value is -1.12. The molecule has 1 fully saturated rings. The number of hydrogen-bond acceptors (Lipinski definition) is 4. The molecule has 1 atom stereocenters. The Labute approximate surface area is 173 Å². The van der Waals surface area contributed by atoms with Crippen molar-refractivity contribution in [2.24, 2.45) is 0 Å². The van der Waals surface area contributed by atoms with Crippen molar-refractivity contribution in [1.82, 2.24) is 9.62 Å². The number of sulfonamides is 1. The largest absolute Gasteiger partial charge is 0.352 e. The lowest BCUT2D eigenvalue weighted by atomic mass is 10.0. The lowest BCUT2D eigenvalue weighted by Gasteiger charge is -2.34. The van der Waals surface area contributed by atoms with Crippen LogP contribution in [0.15, 0.2) is 39.9 Å². The summed E-state index contributed by atoms with van der Waals surface area (Å²) in [6.45, 7) is 0.890. The Morgan fingerprint density at radius 1 is 1.26 bits per heavy atom. The lowest BCUT2D eigenvalue weighted by Crippen LogP contribution is -2.44. The van der Waals surface area contributed by atoms with Crippen LogP contribution in [0.3, 0.4) is 0 Å². The highest BCUT2D eigenvalue weighted by molar-refractivity contribution is 7.91. The number of carbonyl (C=O) groups excluding carboxylic acids is 1. The topological polar surface area (TPSA) is 66.5 Å². The monoisotopic (exact) mass is 446 g/mol. The average molecular weight is 447 g/mol. The van der Waals surface area contributed by atoms with Gasteiger partial charge in [-0.25, -0.2) is 8.42 Å². The Morgan fingerprint density at radius 3 is 2.78 bits per heavy atom. The molecular weight excluding hydrogens is 427 g/mol. The van der Waals surface area contributed by atoms with E-state index in [1.165, 1.54) is 17.4 Å². The number of nitrogens with one attached hydrogen (secondary N) is 1. The van der Waals surface area contributed by atoms with Gasteiger partial charge < -0.3 is 5.32 Å². The molecule has 1 saturated heterocycles. The lowest BCUT2D eigenvalue weighted by molar-refractivity contribution is 0.0949. The molecule has 3 rings (SSSR count). The highest BCUT2D eigenvalue weighted by atomic mass is 35.5. The van der Waals surface area contributed by atoms with E-state index in [-0.39, 0.29) is 11.9 Å². The van der Waals surface area contributed by atoms with E-state index in [1.807, 2.05) is 0 Å². The second kappa shape index (κ2) is 8.92. The minimum Gasteiger partial charge on any atom is -0.352 e. The molecule has 2 aromatic rings. The molecule has 0 saturated carbocycles. The fourth-order valence-electron chi connectivity index (χ4n) is 3.23. The third-order valence-corrected chi connectivity index (χ3v) is 8.44. The first kappa shape index (κ1) is 20.6. The van der Waals surface area contributed by atoms with Crippen LogP contribution < -0.4 is 5.32 Å². The zero-order valence-electron chi connectivity index (χ0n) is 14.5. The van der Waals surface area contributed by atoms with Gasteiger partial charge in [-0.05, 0) is 48.9 Å². The standard InChI is InChI=1S/C18H20Cl2N2O3S2/c19-13-6-7-15(16(20)12-13)18(23)21-9-8-14-4-1-2-10-22(14)27(24,25)17-5-3-11-26-17/h3,5-7,11-12,14H,1-2,4,8-10H2,(H,21,23). The van der Waals surface area contributed by atoms with E-state index in [9.17, 15) is 13.2 Å². The van der Waals surface area contributed by atoms with Gasteiger partial charge in [0.2, 0.25) is 0 Å². The van der Waals surface area contributed by atoms with E-state index in [1.54, 1.807) is 34.0 Å². The van der Waals surface area contributed by atoms with Gasteiger partial charge in [-0.2, -0.15) is 4.31 Å². The fraction of sp³-hybridized carbons (Fsp3) is 0.389. The maximum Gasteiger partial charge on any atom is 0.252 e. The molecule has 0 aliphatic carbocycles. The van der Waals surface area contributed by atoms with Gasteiger partial charge in [0.1, 0.15) is 4.21 Å². The Kier molecular flexibility index (Phi) is 6.81. The Balaban J connectivity index is 1.63. The SMILES string of the molecule is O=C(NCCC1CCCCN1S(=O)(=O)c1cccs1)c1ccc(Cl)cc1Cl. The van der Waals surface area contributed by atoms with E-state index < -0.39 is 10.0 Å². The first-order chi connectivity index (χ1) is 12.9.